The summed E-state index contributed by atoms with van der Waals surface area (Å²) in [6.45, 7) is 3.01. The highest BCUT2D eigenvalue weighted by molar-refractivity contribution is 7.65. The average molecular weight is 366 g/mol. The van der Waals surface area contributed by atoms with Crippen molar-refractivity contribution < 1.29 is 18.8 Å². The van der Waals surface area contributed by atoms with Gasteiger partial charge in [0.05, 0.1) is 5.88 Å². The van der Waals surface area contributed by atoms with Crippen LogP contribution in [0.5, 0.6) is 0 Å². The second kappa shape index (κ2) is 6.36. The first-order valence-corrected chi connectivity index (χ1v) is 9.96. The maximum absolute atomic E-state index is 14.5. The van der Waals surface area contributed by atoms with Crippen molar-refractivity contribution in [1.29, 1.82) is 0 Å². The number of alkyl halides is 2. The largest absolute Gasteiger partial charge is 0.386 e. The monoisotopic (exact) mass is 365 g/mol. The summed E-state index contributed by atoms with van der Waals surface area (Å²) >= 11 is 5.86. The van der Waals surface area contributed by atoms with Crippen LogP contribution in [-0.2, 0) is 9.30 Å². The number of nitrogen functional groups attached to an aromatic ring is 1. The van der Waals surface area contributed by atoms with Gasteiger partial charge in [0.1, 0.15) is 24.7 Å². The predicted octanol–water partition coefficient (Wildman–Crippen LogP) is 1.17. The van der Waals surface area contributed by atoms with Crippen LogP contribution in [0.4, 0.5) is 10.2 Å². The van der Waals surface area contributed by atoms with Crippen LogP contribution in [0.25, 0.3) is 0 Å². The van der Waals surface area contributed by atoms with Gasteiger partial charge in [-0.15, -0.1) is 11.6 Å². The smallest absolute Gasteiger partial charge is 0.351 e. The zero-order chi connectivity index (χ0) is 17.4. The van der Waals surface area contributed by atoms with Crippen molar-refractivity contribution in [2.45, 2.75) is 24.1 Å². The fraction of sp³-hybridized carbons (Fsp3) is 0.538. The fourth-order valence-electron chi connectivity index (χ4n) is 2.21. The molecule has 2 rings (SSSR count). The van der Waals surface area contributed by atoms with E-state index in [0.717, 1.165) is 4.57 Å². The summed E-state index contributed by atoms with van der Waals surface area (Å²) in [7, 11) is -2.58. The van der Waals surface area contributed by atoms with Crippen molar-refractivity contribution in [3.8, 4) is 0 Å². The Labute approximate surface area is 137 Å². The molecule has 0 spiro atoms. The van der Waals surface area contributed by atoms with Gasteiger partial charge in [-0.25, -0.2) is 9.18 Å². The van der Waals surface area contributed by atoms with Gasteiger partial charge in [-0.1, -0.05) is 0 Å². The molecule has 2 heterocycles. The SMILES string of the molecule is CP(C)(=O)/C=C/[C@@]1(CCl)O[C@@H](n2ccc(N)nc2=O)[C@H](F)[C@@H]1O. The first-order valence-electron chi connectivity index (χ1n) is 6.75. The maximum atomic E-state index is 14.5. The van der Waals surface area contributed by atoms with E-state index in [1.807, 2.05) is 0 Å². The molecule has 0 amide bonds. The third-order valence-electron chi connectivity index (χ3n) is 3.47. The zero-order valence-electron chi connectivity index (χ0n) is 12.6. The number of nitrogens with two attached hydrogens (primary N) is 1. The molecule has 0 saturated carbocycles. The molecular formula is C13H18ClFN3O4P. The predicted molar refractivity (Wildman–Crippen MR) is 86.0 cm³/mol. The van der Waals surface area contributed by atoms with Gasteiger partial charge in [0, 0.05) is 6.20 Å². The van der Waals surface area contributed by atoms with Gasteiger partial charge < -0.3 is 20.1 Å². The number of halogens is 2. The fourth-order valence-corrected chi connectivity index (χ4v) is 3.13. The quantitative estimate of drug-likeness (QED) is 0.612. The molecule has 1 aromatic rings. The van der Waals surface area contributed by atoms with E-state index in [1.54, 1.807) is 0 Å². The molecule has 0 bridgehead atoms. The Kier molecular flexibility index (Phi) is 5.01. The highest BCUT2D eigenvalue weighted by Gasteiger charge is 2.54. The molecule has 0 aliphatic carbocycles. The lowest BCUT2D eigenvalue weighted by Crippen LogP contribution is -2.42. The number of nitrogens with zero attached hydrogens (tertiary/aromatic N) is 2. The van der Waals surface area contributed by atoms with E-state index in [-0.39, 0.29) is 11.7 Å². The minimum Gasteiger partial charge on any atom is -0.386 e. The Morgan fingerprint density at radius 1 is 1.65 bits per heavy atom. The summed E-state index contributed by atoms with van der Waals surface area (Å²) in [5.41, 5.74) is 2.99. The lowest BCUT2D eigenvalue weighted by Gasteiger charge is -2.26. The van der Waals surface area contributed by atoms with Crippen LogP contribution in [0.3, 0.4) is 0 Å². The highest BCUT2D eigenvalue weighted by atomic mass is 35.5. The molecule has 1 fully saturated rings. The van der Waals surface area contributed by atoms with E-state index in [0.29, 0.717) is 0 Å². The number of hydrogen-bond acceptors (Lipinski definition) is 6. The molecule has 4 atom stereocenters. The number of aromatic nitrogens is 2. The van der Waals surface area contributed by atoms with Crippen LogP contribution in [0, 0.1) is 0 Å². The number of anilines is 1. The molecular weight excluding hydrogens is 348 g/mol. The van der Waals surface area contributed by atoms with E-state index in [2.05, 4.69) is 4.98 Å². The van der Waals surface area contributed by atoms with Gasteiger partial charge in [0.25, 0.3) is 0 Å². The van der Waals surface area contributed by atoms with E-state index in [1.165, 1.54) is 37.5 Å². The first kappa shape index (κ1) is 18.1. The molecule has 0 aromatic carbocycles. The minimum absolute atomic E-state index is 0.0124. The second-order valence-corrected chi connectivity index (χ2v) is 9.21. The van der Waals surface area contributed by atoms with Crippen LogP contribution in [0.15, 0.2) is 29.0 Å². The van der Waals surface area contributed by atoms with Crippen LogP contribution in [0.1, 0.15) is 6.23 Å². The molecule has 1 aliphatic heterocycles. The van der Waals surface area contributed by atoms with Crippen LogP contribution in [-0.4, -0.2) is 51.7 Å². The number of aliphatic hydroxyl groups is 1. The number of ether oxygens (including phenoxy) is 1. The van der Waals surface area contributed by atoms with E-state index in [4.69, 9.17) is 22.1 Å². The number of rotatable bonds is 4. The van der Waals surface area contributed by atoms with E-state index < -0.39 is 36.9 Å². The van der Waals surface area contributed by atoms with Crippen molar-refractivity contribution in [1.82, 2.24) is 9.55 Å². The lowest BCUT2D eigenvalue weighted by molar-refractivity contribution is -0.0607. The molecule has 1 aromatic heterocycles. The molecule has 3 N–H and O–H groups in total. The summed E-state index contributed by atoms with van der Waals surface area (Å²) in [5.74, 6) is 1.05. The Morgan fingerprint density at radius 3 is 2.83 bits per heavy atom. The number of aliphatic hydroxyl groups excluding tert-OH is 1. The van der Waals surface area contributed by atoms with E-state index >= 15 is 0 Å². The van der Waals surface area contributed by atoms with Crippen LogP contribution >= 0.6 is 18.7 Å². The Balaban J connectivity index is 2.41. The maximum Gasteiger partial charge on any atom is 0.351 e. The summed E-state index contributed by atoms with van der Waals surface area (Å²) in [6.07, 6.45) is -2.44. The molecule has 0 unspecified atom stereocenters. The highest BCUT2D eigenvalue weighted by Crippen LogP contribution is 2.44. The molecule has 1 aliphatic rings. The second-order valence-electron chi connectivity index (χ2n) is 5.78. The van der Waals surface area contributed by atoms with E-state index in [9.17, 15) is 18.9 Å². The third-order valence-corrected chi connectivity index (χ3v) is 4.75. The Bertz CT molecular complexity index is 721. The normalized spacial score (nSPS) is 31.8. The molecule has 1 saturated heterocycles. The topological polar surface area (TPSA) is 107 Å². The van der Waals surface area contributed by atoms with Gasteiger partial charge in [-0.2, -0.15) is 4.98 Å². The van der Waals surface area contributed by atoms with Gasteiger partial charge in [0.15, 0.2) is 12.4 Å². The summed E-state index contributed by atoms with van der Waals surface area (Å²) in [6, 6.07) is 1.31. The van der Waals surface area contributed by atoms with Gasteiger partial charge in [-0.3, -0.25) is 4.57 Å². The van der Waals surface area contributed by atoms with Crippen molar-refractivity contribution in [3.63, 3.8) is 0 Å². The minimum atomic E-state index is -2.58. The van der Waals surface area contributed by atoms with Gasteiger partial charge in [-0.05, 0) is 31.3 Å². The zero-order valence-corrected chi connectivity index (χ0v) is 14.2. The van der Waals surface area contributed by atoms with Crippen molar-refractivity contribution in [2.24, 2.45) is 0 Å². The van der Waals surface area contributed by atoms with Gasteiger partial charge in [0.2, 0.25) is 0 Å². The van der Waals surface area contributed by atoms with Crippen molar-refractivity contribution >= 4 is 24.6 Å². The first-order chi connectivity index (χ1) is 10.6. The summed E-state index contributed by atoms with van der Waals surface area (Å²) in [4.78, 5) is 15.3. The van der Waals surface area contributed by atoms with Crippen LogP contribution < -0.4 is 11.4 Å². The third kappa shape index (κ3) is 3.66. The van der Waals surface area contributed by atoms with Crippen molar-refractivity contribution in [2.75, 3.05) is 24.9 Å². The average Bonchev–Trinajstić information content (AvgIpc) is 2.70. The molecule has 128 valence electrons. The molecule has 7 nitrogen and oxygen atoms in total. The van der Waals surface area contributed by atoms with Gasteiger partial charge >= 0.3 is 5.69 Å². The summed E-state index contributed by atoms with van der Waals surface area (Å²) < 4.78 is 32.8. The lowest BCUT2D eigenvalue weighted by atomic mass is 9.98. The van der Waals surface area contributed by atoms with Crippen LogP contribution in [0.2, 0.25) is 0 Å². The molecule has 23 heavy (non-hydrogen) atoms. The Hall–Kier alpha value is -1.21. The summed E-state index contributed by atoms with van der Waals surface area (Å²) in [5, 5.41) is 10.2. The van der Waals surface area contributed by atoms with Crippen molar-refractivity contribution in [3.05, 3.63) is 34.6 Å². The standard InChI is InChI=1S/C13H18ClFN3O4P/c1-23(2,21)6-4-13(7-14)10(19)9(15)11(22-13)18-5-3-8(16)17-12(18)20/h3-6,9-11,19H,7H2,1-2H3,(H2,16,17,20)/b6-4+/t9-,10+,11-,13+/m1/s1. The molecule has 0 radical (unpaired) electrons. The molecule has 10 heteroatoms. The Morgan fingerprint density at radius 2 is 2.30 bits per heavy atom. The number of hydrogen-bond donors (Lipinski definition) is 2.